The molecule has 0 aliphatic rings. The number of carbonyl (C=O) groups excluding carboxylic acids is 2. The molecule has 0 radical (unpaired) electrons. The Hall–Kier alpha value is -1.41. The molecule has 0 atom stereocenters. The van der Waals surface area contributed by atoms with Crippen molar-refractivity contribution in [3.63, 3.8) is 0 Å². The summed E-state index contributed by atoms with van der Waals surface area (Å²) in [7, 11) is 0. The second-order valence-corrected chi connectivity index (χ2v) is 7.62. The first kappa shape index (κ1) is 16.0. The Balaban J connectivity index is 1.99. The van der Waals surface area contributed by atoms with Crippen LogP contribution in [-0.2, 0) is 4.79 Å². The summed E-state index contributed by atoms with van der Waals surface area (Å²) in [6.07, 6.45) is 0. The van der Waals surface area contributed by atoms with Gasteiger partial charge in [0.25, 0.3) is 5.91 Å². The fourth-order valence-corrected chi connectivity index (χ4v) is 2.88. The molecule has 0 aliphatic heterocycles. The van der Waals surface area contributed by atoms with Crippen molar-refractivity contribution in [2.45, 2.75) is 13.8 Å². The van der Waals surface area contributed by atoms with Crippen LogP contribution in [0.25, 0.3) is 0 Å². The standard InChI is InChI=1S/C15H15IN2O2S/c1-9(2)14(19)17-11-3-5-12(6-4-11)18-15(20)10-7-13(16)21-8-10/h3-9H,1-2H3,(H,17,19)(H,18,20). The van der Waals surface area contributed by atoms with Crippen LogP contribution in [0.2, 0.25) is 0 Å². The Morgan fingerprint density at radius 2 is 1.67 bits per heavy atom. The molecule has 2 rings (SSSR count). The fraction of sp³-hybridized carbons (Fsp3) is 0.200. The number of carbonyl (C=O) groups is 2. The first-order valence-corrected chi connectivity index (χ1v) is 8.38. The highest BCUT2D eigenvalue weighted by atomic mass is 127. The molecular weight excluding hydrogens is 399 g/mol. The van der Waals surface area contributed by atoms with E-state index in [0.29, 0.717) is 11.3 Å². The summed E-state index contributed by atoms with van der Waals surface area (Å²) in [5, 5.41) is 7.46. The van der Waals surface area contributed by atoms with Gasteiger partial charge in [0.1, 0.15) is 0 Å². The van der Waals surface area contributed by atoms with E-state index in [0.717, 1.165) is 8.57 Å². The summed E-state index contributed by atoms with van der Waals surface area (Å²) >= 11 is 3.72. The van der Waals surface area contributed by atoms with E-state index in [1.807, 2.05) is 25.3 Å². The quantitative estimate of drug-likeness (QED) is 0.737. The van der Waals surface area contributed by atoms with E-state index in [1.54, 1.807) is 24.3 Å². The van der Waals surface area contributed by atoms with Gasteiger partial charge in [0.05, 0.1) is 8.45 Å². The van der Waals surface area contributed by atoms with Crippen molar-refractivity contribution < 1.29 is 9.59 Å². The van der Waals surface area contributed by atoms with E-state index in [4.69, 9.17) is 0 Å². The smallest absolute Gasteiger partial charge is 0.256 e. The number of hydrogen-bond acceptors (Lipinski definition) is 3. The van der Waals surface area contributed by atoms with Crippen molar-refractivity contribution in [3.8, 4) is 0 Å². The first-order chi connectivity index (χ1) is 9.95. The predicted octanol–water partition coefficient (Wildman–Crippen LogP) is 4.20. The molecule has 2 aromatic rings. The van der Waals surface area contributed by atoms with Crippen molar-refractivity contribution in [1.82, 2.24) is 0 Å². The molecule has 4 nitrogen and oxygen atoms in total. The molecule has 21 heavy (non-hydrogen) atoms. The van der Waals surface area contributed by atoms with Crippen molar-refractivity contribution >= 4 is 57.1 Å². The van der Waals surface area contributed by atoms with Gasteiger partial charge >= 0.3 is 0 Å². The SMILES string of the molecule is CC(C)C(=O)Nc1ccc(NC(=O)c2csc(I)c2)cc1. The van der Waals surface area contributed by atoms with Crippen LogP contribution in [0.4, 0.5) is 11.4 Å². The van der Waals surface area contributed by atoms with Crippen molar-refractivity contribution in [2.24, 2.45) is 5.92 Å². The highest BCUT2D eigenvalue weighted by Crippen LogP contribution is 2.19. The molecule has 0 bridgehead atoms. The maximum Gasteiger partial charge on any atom is 0.256 e. The second kappa shape index (κ2) is 7.04. The molecule has 110 valence electrons. The lowest BCUT2D eigenvalue weighted by molar-refractivity contribution is -0.118. The Morgan fingerprint density at radius 3 is 2.14 bits per heavy atom. The van der Waals surface area contributed by atoms with Gasteiger partial charge in [-0.2, -0.15) is 0 Å². The summed E-state index contributed by atoms with van der Waals surface area (Å²) in [4.78, 5) is 23.6. The van der Waals surface area contributed by atoms with E-state index in [9.17, 15) is 9.59 Å². The lowest BCUT2D eigenvalue weighted by Crippen LogP contribution is -2.17. The summed E-state index contributed by atoms with van der Waals surface area (Å²) in [5.41, 5.74) is 2.07. The third-order valence-corrected chi connectivity index (χ3v) is 4.55. The average molecular weight is 414 g/mol. The van der Waals surface area contributed by atoms with E-state index < -0.39 is 0 Å². The minimum atomic E-state index is -0.131. The highest BCUT2D eigenvalue weighted by molar-refractivity contribution is 14.1. The molecule has 0 fully saturated rings. The first-order valence-electron chi connectivity index (χ1n) is 6.42. The molecular formula is C15H15IN2O2S. The average Bonchev–Trinajstić information content (AvgIpc) is 2.87. The predicted molar refractivity (Wildman–Crippen MR) is 94.9 cm³/mol. The van der Waals surface area contributed by atoms with Gasteiger partial charge in [-0.3, -0.25) is 9.59 Å². The van der Waals surface area contributed by atoms with Crippen LogP contribution in [0, 0.1) is 8.80 Å². The number of anilines is 2. The lowest BCUT2D eigenvalue weighted by atomic mass is 10.2. The Morgan fingerprint density at radius 1 is 1.10 bits per heavy atom. The van der Waals surface area contributed by atoms with Gasteiger partial charge in [0.2, 0.25) is 5.91 Å². The molecule has 0 saturated carbocycles. The molecule has 1 aromatic heterocycles. The van der Waals surface area contributed by atoms with Crippen LogP contribution in [0.1, 0.15) is 24.2 Å². The highest BCUT2D eigenvalue weighted by Gasteiger charge is 2.09. The van der Waals surface area contributed by atoms with Gasteiger partial charge in [-0.05, 0) is 52.9 Å². The van der Waals surface area contributed by atoms with Crippen LogP contribution in [0.3, 0.4) is 0 Å². The largest absolute Gasteiger partial charge is 0.326 e. The van der Waals surface area contributed by atoms with E-state index in [1.165, 1.54) is 11.3 Å². The lowest BCUT2D eigenvalue weighted by Gasteiger charge is -2.09. The zero-order valence-corrected chi connectivity index (χ0v) is 14.6. The maximum absolute atomic E-state index is 12.0. The van der Waals surface area contributed by atoms with Crippen LogP contribution in [0.15, 0.2) is 35.7 Å². The molecule has 0 unspecified atom stereocenters. The topological polar surface area (TPSA) is 58.2 Å². The third-order valence-electron chi connectivity index (χ3n) is 2.76. The van der Waals surface area contributed by atoms with Crippen LogP contribution in [-0.4, -0.2) is 11.8 Å². The molecule has 2 N–H and O–H groups in total. The minimum Gasteiger partial charge on any atom is -0.326 e. The van der Waals surface area contributed by atoms with E-state index in [-0.39, 0.29) is 17.7 Å². The van der Waals surface area contributed by atoms with Crippen molar-refractivity contribution in [3.05, 3.63) is 44.2 Å². The van der Waals surface area contributed by atoms with Crippen molar-refractivity contribution in [1.29, 1.82) is 0 Å². The molecule has 1 heterocycles. The summed E-state index contributed by atoms with van der Waals surface area (Å²) in [5.74, 6) is -0.224. The zero-order valence-electron chi connectivity index (χ0n) is 11.6. The van der Waals surface area contributed by atoms with Gasteiger partial charge in [-0.25, -0.2) is 0 Å². The Labute approximate surface area is 141 Å². The molecule has 0 aliphatic carbocycles. The van der Waals surface area contributed by atoms with Gasteiger partial charge in [0.15, 0.2) is 0 Å². The Kier molecular flexibility index (Phi) is 5.35. The third kappa shape index (κ3) is 4.53. The number of thiophene rings is 1. The van der Waals surface area contributed by atoms with Gasteiger partial charge in [0, 0.05) is 22.7 Å². The minimum absolute atomic E-state index is 0.0281. The summed E-state index contributed by atoms with van der Waals surface area (Å²) < 4.78 is 1.07. The van der Waals surface area contributed by atoms with Gasteiger partial charge < -0.3 is 10.6 Å². The van der Waals surface area contributed by atoms with Crippen molar-refractivity contribution in [2.75, 3.05) is 10.6 Å². The zero-order chi connectivity index (χ0) is 15.4. The van der Waals surface area contributed by atoms with Crippen LogP contribution in [0.5, 0.6) is 0 Å². The molecule has 2 amide bonds. The number of hydrogen-bond donors (Lipinski definition) is 2. The maximum atomic E-state index is 12.0. The van der Waals surface area contributed by atoms with E-state index >= 15 is 0 Å². The van der Waals surface area contributed by atoms with Crippen LogP contribution >= 0.6 is 33.9 Å². The van der Waals surface area contributed by atoms with Gasteiger partial charge in [-0.15, -0.1) is 11.3 Å². The molecule has 0 spiro atoms. The fourth-order valence-electron chi connectivity index (χ4n) is 1.56. The summed E-state index contributed by atoms with van der Waals surface area (Å²) in [6.45, 7) is 3.68. The number of benzene rings is 1. The molecule has 6 heteroatoms. The monoisotopic (exact) mass is 414 g/mol. The number of nitrogens with one attached hydrogen (secondary N) is 2. The molecule has 1 aromatic carbocycles. The second-order valence-electron chi connectivity index (χ2n) is 4.81. The van der Waals surface area contributed by atoms with E-state index in [2.05, 4.69) is 33.2 Å². The number of rotatable bonds is 4. The summed E-state index contributed by atoms with van der Waals surface area (Å²) in [6, 6.07) is 8.93. The number of halogens is 1. The molecule has 0 saturated heterocycles. The normalized spacial score (nSPS) is 10.5. The van der Waals surface area contributed by atoms with Gasteiger partial charge in [-0.1, -0.05) is 13.8 Å². The number of amides is 2. The van der Waals surface area contributed by atoms with Crippen LogP contribution < -0.4 is 10.6 Å². The Bertz CT molecular complexity index is 650.